The van der Waals surface area contributed by atoms with Crippen LogP contribution in [0.1, 0.15) is 26.7 Å². The first-order valence-electron chi connectivity index (χ1n) is 3.43. The Hall–Kier alpha value is -0.990. The number of hydrogen-bond acceptors (Lipinski definition) is 3. The molecule has 3 nitrogen and oxygen atoms in total. The number of Topliss-reactive ketones (excluding diaryl/α,β-unsaturated/α-hetero) is 1. The van der Waals surface area contributed by atoms with Crippen LogP contribution in [0.5, 0.6) is 0 Å². The normalized spacial score (nSPS) is 15.1. The standard InChI is InChI=1S/C8H12O3/c1-7(11)5-8(2,6-10)3-4-9/h4,6H,3,5H2,1-2H3. The molecule has 1 atom stereocenters. The van der Waals surface area contributed by atoms with Crippen LogP contribution in [0.25, 0.3) is 0 Å². The molecule has 0 radical (unpaired) electrons. The molecule has 62 valence electrons. The average molecular weight is 156 g/mol. The first-order chi connectivity index (χ1) is 5.04. The van der Waals surface area contributed by atoms with E-state index in [4.69, 9.17) is 0 Å². The fourth-order valence-electron chi connectivity index (χ4n) is 0.921. The van der Waals surface area contributed by atoms with Crippen LogP contribution >= 0.6 is 0 Å². The van der Waals surface area contributed by atoms with Gasteiger partial charge in [0.2, 0.25) is 0 Å². The summed E-state index contributed by atoms with van der Waals surface area (Å²) in [6, 6.07) is 0. The third-order valence-corrected chi connectivity index (χ3v) is 1.49. The van der Waals surface area contributed by atoms with E-state index in [0.717, 1.165) is 0 Å². The highest BCUT2D eigenvalue weighted by atomic mass is 16.1. The summed E-state index contributed by atoms with van der Waals surface area (Å²) in [7, 11) is 0. The number of hydrogen-bond donors (Lipinski definition) is 0. The average Bonchev–Trinajstić information content (AvgIpc) is 1.87. The molecule has 0 aromatic heterocycles. The predicted octanol–water partition coefficient (Wildman–Crippen LogP) is 0.760. The summed E-state index contributed by atoms with van der Waals surface area (Å²) in [6.07, 6.45) is 1.60. The third-order valence-electron chi connectivity index (χ3n) is 1.49. The van der Waals surface area contributed by atoms with Gasteiger partial charge >= 0.3 is 0 Å². The summed E-state index contributed by atoms with van der Waals surface area (Å²) in [5.41, 5.74) is -0.784. The quantitative estimate of drug-likeness (QED) is 0.552. The van der Waals surface area contributed by atoms with E-state index in [1.54, 1.807) is 6.92 Å². The summed E-state index contributed by atoms with van der Waals surface area (Å²) >= 11 is 0. The molecule has 0 aliphatic rings. The van der Waals surface area contributed by atoms with E-state index in [-0.39, 0.29) is 18.6 Å². The van der Waals surface area contributed by atoms with Gasteiger partial charge in [-0.05, 0) is 6.92 Å². The number of aldehydes is 2. The van der Waals surface area contributed by atoms with Crippen molar-refractivity contribution in [3.05, 3.63) is 0 Å². The summed E-state index contributed by atoms with van der Waals surface area (Å²) in [6.45, 7) is 3.02. The lowest BCUT2D eigenvalue weighted by atomic mass is 9.84. The maximum absolute atomic E-state index is 10.6. The van der Waals surface area contributed by atoms with Gasteiger partial charge in [-0.1, -0.05) is 6.92 Å². The fraction of sp³-hybridized carbons (Fsp3) is 0.625. The Bertz CT molecular complexity index is 174. The summed E-state index contributed by atoms with van der Waals surface area (Å²) in [5.74, 6) is -0.0681. The van der Waals surface area contributed by atoms with Gasteiger partial charge in [-0.25, -0.2) is 0 Å². The number of carbonyl (C=O) groups excluding carboxylic acids is 3. The van der Waals surface area contributed by atoms with Gasteiger partial charge in [-0.2, -0.15) is 0 Å². The fourth-order valence-corrected chi connectivity index (χ4v) is 0.921. The van der Waals surface area contributed by atoms with Crippen LogP contribution in [0.2, 0.25) is 0 Å². The van der Waals surface area contributed by atoms with Crippen LogP contribution in [-0.4, -0.2) is 18.4 Å². The maximum Gasteiger partial charge on any atom is 0.130 e. The lowest BCUT2D eigenvalue weighted by Crippen LogP contribution is -2.21. The zero-order valence-corrected chi connectivity index (χ0v) is 6.79. The van der Waals surface area contributed by atoms with Gasteiger partial charge in [0.15, 0.2) is 0 Å². The second-order valence-corrected chi connectivity index (χ2v) is 3.02. The summed E-state index contributed by atoms with van der Waals surface area (Å²) in [5, 5.41) is 0. The van der Waals surface area contributed by atoms with Crippen molar-refractivity contribution >= 4 is 18.4 Å². The van der Waals surface area contributed by atoms with Gasteiger partial charge in [0.05, 0.1) is 0 Å². The van der Waals surface area contributed by atoms with E-state index in [1.165, 1.54) is 6.92 Å². The van der Waals surface area contributed by atoms with Gasteiger partial charge in [-0.3, -0.25) is 4.79 Å². The molecular weight excluding hydrogens is 144 g/mol. The summed E-state index contributed by atoms with van der Waals surface area (Å²) in [4.78, 5) is 31.2. The number of rotatable bonds is 5. The Morgan fingerprint density at radius 3 is 2.27 bits per heavy atom. The zero-order valence-electron chi connectivity index (χ0n) is 6.79. The topological polar surface area (TPSA) is 51.2 Å². The van der Waals surface area contributed by atoms with Gasteiger partial charge < -0.3 is 9.59 Å². The van der Waals surface area contributed by atoms with Crippen molar-refractivity contribution in [3.8, 4) is 0 Å². The Kier molecular flexibility index (Phi) is 3.65. The molecule has 0 aliphatic carbocycles. The molecule has 0 amide bonds. The van der Waals surface area contributed by atoms with Crippen LogP contribution in [0.15, 0.2) is 0 Å². The Balaban J connectivity index is 4.19. The van der Waals surface area contributed by atoms with Crippen LogP contribution < -0.4 is 0 Å². The third kappa shape index (κ3) is 3.65. The Morgan fingerprint density at radius 2 is 2.00 bits per heavy atom. The zero-order chi connectivity index (χ0) is 8.91. The second-order valence-electron chi connectivity index (χ2n) is 3.02. The van der Waals surface area contributed by atoms with Crippen LogP contribution in [-0.2, 0) is 14.4 Å². The van der Waals surface area contributed by atoms with Crippen molar-refractivity contribution in [3.63, 3.8) is 0 Å². The van der Waals surface area contributed by atoms with Crippen LogP contribution in [0.4, 0.5) is 0 Å². The van der Waals surface area contributed by atoms with Crippen molar-refractivity contribution in [2.45, 2.75) is 26.7 Å². The van der Waals surface area contributed by atoms with Crippen molar-refractivity contribution in [2.24, 2.45) is 5.41 Å². The highest BCUT2D eigenvalue weighted by Gasteiger charge is 2.24. The van der Waals surface area contributed by atoms with E-state index >= 15 is 0 Å². The van der Waals surface area contributed by atoms with Crippen molar-refractivity contribution < 1.29 is 14.4 Å². The van der Waals surface area contributed by atoms with Gasteiger partial charge in [-0.15, -0.1) is 0 Å². The molecule has 0 heterocycles. The van der Waals surface area contributed by atoms with E-state index in [0.29, 0.717) is 12.6 Å². The predicted molar refractivity (Wildman–Crippen MR) is 40.2 cm³/mol. The van der Waals surface area contributed by atoms with E-state index in [2.05, 4.69) is 0 Å². The molecule has 0 saturated carbocycles. The molecule has 0 N–H and O–H groups in total. The number of carbonyl (C=O) groups is 3. The van der Waals surface area contributed by atoms with Crippen molar-refractivity contribution in [2.75, 3.05) is 0 Å². The lowest BCUT2D eigenvalue weighted by molar-refractivity contribution is -0.126. The van der Waals surface area contributed by atoms with Crippen LogP contribution in [0, 0.1) is 5.41 Å². The molecular formula is C8H12O3. The first kappa shape index (κ1) is 10.0. The minimum absolute atomic E-state index is 0.0681. The Morgan fingerprint density at radius 1 is 1.45 bits per heavy atom. The molecule has 0 aromatic carbocycles. The second kappa shape index (κ2) is 4.01. The van der Waals surface area contributed by atoms with Gasteiger partial charge in [0, 0.05) is 18.3 Å². The molecule has 11 heavy (non-hydrogen) atoms. The highest BCUT2D eigenvalue weighted by molar-refractivity contribution is 5.81. The van der Waals surface area contributed by atoms with Crippen molar-refractivity contribution in [1.82, 2.24) is 0 Å². The minimum atomic E-state index is -0.784. The first-order valence-corrected chi connectivity index (χ1v) is 3.43. The van der Waals surface area contributed by atoms with Gasteiger partial charge in [0.25, 0.3) is 0 Å². The number of ketones is 1. The maximum atomic E-state index is 10.6. The van der Waals surface area contributed by atoms with E-state index in [1.807, 2.05) is 0 Å². The Labute approximate surface area is 65.8 Å². The molecule has 0 bridgehead atoms. The molecule has 0 spiro atoms. The SMILES string of the molecule is CC(=O)CC(C)(C=O)CC=O. The molecule has 0 aliphatic heterocycles. The molecule has 0 aromatic rings. The largest absolute Gasteiger partial charge is 0.303 e. The monoisotopic (exact) mass is 156 g/mol. The molecule has 0 fully saturated rings. The lowest BCUT2D eigenvalue weighted by Gasteiger charge is -2.17. The molecule has 3 heteroatoms. The van der Waals surface area contributed by atoms with Gasteiger partial charge in [0.1, 0.15) is 18.4 Å². The minimum Gasteiger partial charge on any atom is -0.303 e. The van der Waals surface area contributed by atoms with E-state index < -0.39 is 5.41 Å². The highest BCUT2D eigenvalue weighted by Crippen LogP contribution is 2.21. The smallest absolute Gasteiger partial charge is 0.130 e. The van der Waals surface area contributed by atoms with Crippen molar-refractivity contribution in [1.29, 1.82) is 0 Å². The molecule has 1 unspecified atom stereocenters. The molecule has 0 rings (SSSR count). The van der Waals surface area contributed by atoms with Crippen LogP contribution in [0.3, 0.4) is 0 Å². The summed E-state index contributed by atoms with van der Waals surface area (Å²) < 4.78 is 0. The molecule has 0 saturated heterocycles. The van der Waals surface area contributed by atoms with E-state index in [9.17, 15) is 14.4 Å².